The van der Waals surface area contributed by atoms with Crippen LogP contribution in [0.3, 0.4) is 0 Å². The number of nitrogens with one attached hydrogen (secondary N) is 1. The summed E-state index contributed by atoms with van der Waals surface area (Å²) in [6, 6.07) is 6.41. The largest absolute Gasteiger partial charge is 0.384 e. The van der Waals surface area contributed by atoms with Crippen molar-refractivity contribution in [3.8, 4) is 11.1 Å². The smallest absolute Gasteiger partial charge is 0.126 e. The molecule has 4 heteroatoms. The number of aryl methyl sites for hydroxylation is 2. The van der Waals surface area contributed by atoms with E-state index in [2.05, 4.69) is 53.9 Å². The minimum atomic E-state index is 0.608. The number of aromatic amines is 1. The topological polar surface area (TPSA) is 59.6 Å². The molecule has 0 unspecified atom stereocenters. The second kappa shape index (κ2) is 3.63. The van der Waals surface area contributed by atoms with Gasteiger partial charge in [-0.25, -0.2) is 0 Å². The Labute approximate surface area is 105 Å². The van der Waals surface area contributed by atoms with Crippen LogP contribution in [-0.2, 0) is 7.05 Å². The third-order valence-electron chi connectivity index (χ3n) is 3.79. The first kappa shape index (κ1) is 10.9. The number of nitrogens with zero attached hydrogens (tertiary/aromatic N) is 2. The molecule has 0 aliphatic carbocycles. The van der Waals surface area contributed by atoms with Crippen molar-refractivity contribution in [2.75, 3.05) is 5.73 Å². The number of benzene rings is 1. The maximum Gasteiger partial charge on any atom is 0.126 e. The zero-order valence-electron chi connectivity index (χ0n) is 10.8. The molecule has 3 N–H and O–H groups in total. The first-order valence-corrected chi connectivity index (χ1v) is 5.94. The molecule has 0 bridgehead atoms. The molecule has 3 aromatic rings. The lowest BCUT2D eigenvalue weighted by Crippen LogP contribution is -1.91. The summed E-state index contributed by atoms with van der Waals surface area (Å²) in [5.74, 6) is 0.608. The van der Waals surface area contributed by atoms with Gasteiger partial charge in [0.15, 0.2) is 0 Å². The van der Waals surface area contributed by atoms with Gasteiger partial charge in [0.1, 0.15) is 5.82 Å². The van der Waals surface area contributed by atoms with Crippen LogP contribution in [0, 0.1) is 13.8 Å². The fourth-order valence-corrected chi connectivity index (χ4v) is 2.45. The molecule has 0 radical (unpaired) electrons. The van der Waals surface area contributed by atoms with Crippen molar-refractivity contribution in [2.45, 2.75) is 13.8 Å². The predicted octanol–water partition coefficient (Wildman–Crippen LogP) is 2.77. The summed E-state index contributed by atoms with van der Waals surface area (Å²) < 4.78 is 2.21. The third kappa shape index (κ3) is 1.35. The van der Waals surface area contributed by atoms with Crippen LogP contribution >= 0.6 is 0 Å². The summed E-state index contributed by atoms with van der Waals surface area (Å²) in [5.41, 5.74) is 11.8. The molecule has 18 heavy (non-hydrogen) atoms. The minimum Gasteiger partial charge on any atom is -0.384 e. The minimum absolute atomic E-state index is 0.608. The Balaban J connectivity index is 2.29. The van der Waals surface area contributed by atoms with Gasteiger partial charge >= 0.3 is 0 Å². The lowest BCUT2D eigenvalue weighted by molar-refractivity contribution is 0.910. The average molecular weight is 240 g/mol. The van der Waals surface area contributed by atoms with E-state index in [1.165, 1.54) is 22.2 Å². The quantitative estimate of drug-likeness (QED) is 0.687. The molecule has 0 saturated carbocycles. The molecular formula is C14H16N4. The summed E-state index contributed by atoms with van der Waals surface area (Å²) in [4.78, 5) is 0. The SMILES string of the molecule is Cc1c(C)n(C)c2cc(-c3cn[nH]c3N)ccc12. The monoisotopic (exact) mass is 240 g/mol. The molecule has 0 aliphatic heterocycles. The molecular weight excluding hydrogens is 224 g/mol. The van der Waals surface area contributed by atoms with Crippen molar-refractivity contribution in [1.29, 1.82) is 0 Å². The van der Waals surface area contributed by atoms with Gasteiger partial charge in [-0.3, -0.25) is 5.10 Å². The van der Waals surface area contributed by atoms with Gasteiger partial charge in [-0.2, -0.15) is 5.10 Å². The number of rotatable bonds is 1. The number of fused-ring (bicyclic) bond motifs is 1. The highest BCUT2D eigenvalue weighted by Gasteiger charge is 2.11. The number of hydrogen-bond acceptors (Lipinski definition) is 2. The summed E-state index contributed by atoms with van der Waals surface area (Å²) in [6.45, 7) is 4.30. The first-order valence-electron chi connectivity index (χ1n) is 5.94. The van der Waals surface area contributed by atoms with Crippen molar-refractivity contribution in [3.05, 3.63) is 35.7 Å². The number of H-pyrrole nitrogens is 1. The summed E-state index contributed by atoms with van der Waals surface area (Å²) in [7, 11) is 2.09. The van der Waals surface area contributed by atoms with Crippen LogP contribution in [0.2, 0.25) is 0 Å². The molecule has 1 aromatic carbocycles. The van der Waals surface area contributed by atoms with Crippen molar-refractivity contribution in [3.63, 3.8) is 0 Å². The average Bonchev–Trinajstić information content (AvgIpc) is 2.89. The molecule has 2 aromatic heterocycles. The predicted molar refractivity (Wildman–Crippen MR) is 74.4 cm³/mol. The Kier molecular flexibility index (Phi) is 2.20. The maximum atomic E-state index is 5.86. The summed E-state index contributed by atoms with van der Waals surface area (Å²) in [6.07, 6.45) is 1.76. The Bertz CT molecular complexity index is 734. The first-order chi connectivity index (χ1) is 8.59. The maximum absolute atomic E-state index is 5.86. The van der Waals surface area contributed by atoms with Gasteiger partial charge in [0, 0.05) is 29.2 Å². The van der Waals surface area contributed by atoms with Gasteiger partial charge in [-0.1, -0.05) is 12.1 Å². The molecule has 0 saturated heterocycles. The third-order valence-corrected chi connectivity index (χ3v) is 3.79. The van der Waals surface area contributed by atoms with E-state index in [-0.39, 0.29) is 0 Å². The van der Waals surface area contributed by atoms with Crippen molar-refractivity contribution in [1.82, 2.24) is 14.8 Å². The summed E-state index contributed by atoms with van der Waals surface area (Å²) >= 11 is 0. The van der Waals surface area contributed by atoms with E-state index in [0.717, 1.165) is 11.1 Å². The van der Waals surface area contributed by atoms with E-state index in [4.69, 9.17) is 5.73 Å². The van der Waals surface area contributed by atoms with E-state index in [0.29, 0.717) is 5.82 Å². The molecule has 0 amide bonds. The zero-order valence-corrected chi connectivity index (χ0v) is 10.8. The van der Waals surface area contributed by atoms with Crippen LogP contribution in [-0.4, -0.2) is 14.8 Å². The lowest BCUT2D eigenvalue weighted by Gasteiger charge is -2.02. The second-order valence-electron chi connectivity index (χ2n) is 4.70. The number of nitrogens with two attached hydrogens (primary N) is 1. The Hall–Kier alpha value is -2.23. The van der Waals surface area contributed by atoms with Gasteiger partial charge < -0.3 is 10.3 Å². The second-order valence-corrected chi connectivity index (χ2v) is 4.70. The van der Waals surface area contributed by atoms with Crippen LogP contribution in [0.4, 0.5) is 5.82 Å². The molecule has 0 spiro atoms. The van der Waals surface area contributed by atoms with Crippen LogP contribution in [0.5, 0.6) is 0 Å². The van der Waals surface area contributed by atoms with Crippen LogP contribution in [0.1, 0.15) is 11.3 Å². The molecule has 0 fully saturated rings. The van der Waals surface area contributed by atoms with Crippen LogP contribution < -0.4 is 5.73 Å². The molecule has 3 rings (SSSR count). The van der Waals surface area contributed by atoms with E-state index in [1.807, 2.05) is 0 Å². The van der Waals surface area contributed by atoms with E-state index < -0.39 is 0 Å². The fraction of sp³-hybridized carbons (Fsp3) is 0.214. The van der Waals surface area contributed by atoms with Crippen molar-refractivity contribution >= 4 is 16.7 Å². The van der Waals surface area contributed by atoms with E-state index >= 15 is 0 Å². The number of aromatic nitrogens is 3. The zero-order chi connectivity index (χ0) is 12.9. The van der Waals surface area contributed by atoms with Crippen molar-refractivity contribution < 1.29 is 0 Å². The van der Waals surface area contributed by atoms with E-state index in [9.17, 15) is 0 Å². The van der Waals surface area contributed by atoms with Crippen molar-refractivity contribution in [2.24, 2.45) is 7.05 Å². The normalized spacial score (nSPS) is 11.3. The molecule has 4 nitrogen and oxygen atoms in total. The Morgan fingerprint density at radius 3 is 2.72 bits per heavy atom. The lowest BCUT2D eigenvalue weighted by atomic mass is 10.1. The molecule has 2 heterocycles. The van der Waals surface area contributed by atoms with Crippen LogP contribution in [0.15, 0.2) is 24.4 Å². The number of anilines is 1. The Morgan fingerprint density at radius 2 is 2.06 bits per heavy atom. The van der Waals surface area contributed by atoms with Gasteiger partial charge in [0.05, 0.1) is 6.20 Å². The summed E-state index contributed by atoms with van der Waals surface area (Å²) in [5, 5.41) is 8.03. The standard InChI is InChI=1S/C14H16N4/c1-8-9(2)18(3)13-6-10(4-5-11(8)13)12-7-16-17-14(12)15/h4-7H,1-3H3,(H3,15,16,17). The highest BCUT2D eigenvalue weighted by molar-refractivity contribution is 5.90. The molecule has 92 valence electrons. The highest BCUT2D eigenvalue weighted by Crippen LogP contribution is 2.30. The Morgan fingerprint density at radius 1 is 1.28 bits per heavy atom. The van der Waals surface area contributed by atoms with Gasteiger partial charge in [-0.15, -0.1) is 0 Å². The van der Waals surface area contributed by atoms with Gasteiger partial charge in [0.2, 0.25) is 0 Å². The fourth-order valence-electron chi connectivity index (χ4n) is 2.45. The van der Waals surface area contributed by atoms with E-state index in [1.54, 1.807) is 6.20 Å². The molecule has 0 atom stereocenters. The number of hydrogen-bond donors (Lipinski definition) is 2. The van der Waals surface area contributed by atoms with Gasteiger partial charge in [-0.05, 0) is 31.0 Å². The molecule has 0 aliphatic rings. The number of nitrogen functional groups attached to an aromatic ring is 1. The van der Waals surface area contributed by atoms with Gasteiger partial charge in [0.25, 0.3) is 0 Å². The highest BCUT2D eigenvalue weighted by atomic mass is 15.1. The van der Waals surface area contributed by atoms with Crippen LogP contribution in [0.25, 0.3) is 22.0 Å².